The predicted molar refractivity (Wildman–Crippen MR) is 93.5 cm³/mol. The van der Waals surface area contributed by atoms with Gasteiger partial charge < -0.3 is 4.74 Å². The first kappa shape index (κ1) is 17.2. The fourth-order valence-corrected chi connectivity index (χ4v) is 4.33. The van der Waals surface area contributed by atoms with E-state index >= 15 is 0 Å². The predicted octanol–water partition coefficient (Wildman–Crippen LogP) is 3.27. The second kappa shape index (κ2) is 5.73. The minimum absolute atomic E-state index is 0.0530. The summed E-state index contributed by atoms with van der Waals surface area (Å²) in [6.07, 6.45) is 0. The third-order valence-corrected chi connectivity index (χ3v) is 5.72. The lowest BCUT2D eigenvalue weighted by atomic mass is 10.1. The molecule has 0 radical (unpaired) electrons. The number of aryl methyl sites for hydroxylation is 1. The Labute approximate surface area is 146 Å². The second-order valence-corrected chi connectivity index (χ2v) is 8.46. The van der Waals surface area contributed by atoms with Crippen LogP contribution in [0.3, 0.4) is 0 Å². The van der Waals surface area contributed by atoms with Crippen molar-refractivity contribution in [3.05, 3.63) is 58.1 Å². The van der Waals surface area contributed by atoms with Crippen molar-refractivity contribution < 1.29 is 18.1 Å². The summed E-state index contributed by atoms with van der Waals surface area (Å²) in [4.78, 5) is 10.6. The van der Waals surface area contributed by atoms with E-state index in [1.54, 1.807) is 26.0 Å². The van der Waals surface area contributed by atoms with Crippen LogP contribution in [-0.2, 0) is 10.0 Å². The summed E-state index contributed by atoms with van der Waals surface area (Å²) in [7, 11) is -3.87. The Hall–Kier alpha value is -2.61. The van der Waals surface area contributed by atoms with Crippen molar-refractivity contribution in [3.8, 4) is 5.75 Å². The summed E-state index contributed by atoms with van der Waals surface area (Å²) in [6, 6.07) is 10.5. The number of hydrogen-bond donors (Lipinski definition) is 0. The summed E-state index contributed by atoms with van der Waals surface area (Å²) in [5.41, 5.74) is 0.165. The highest BCUT2D eigenvalue weighted by Gasteiger charge is 2.39. The van der Waals surface area contributed by atoms with E-state index in [0.29, 0.717) is 5.75 Å². The number of benzene rings is 2. The first-order valence-corrected chi connectivity index (χ1v) is 9.11. The van der Waals surface area contributed by atoms with Gasteiger partial charge in [-0.2, -0.15) is 0 Å². The van der Waals surface area contributed by atoms with Crippen molar-refractivity contribution >= 4 is 21.4 Å². The smallest absolute Gasteiger partial charge is 0.271 e. The molecule has 2 aromatic carbocycles. The molecule has 0 N–H and O–H groups in total. The van der Waals surface area contributed by atoms with Crippen LogP contribution in [0.5, 0.6) is 5.75 Å². The maximum absolute atomic E-state index is 13.1. The zero-order chi connectivity index (χ0) is 18.4. The molecule has 3 rings (SSSR count). The van der Waals surface area contributed by atoms with Gasteiger partial charge in [0.05, 0.1) is 16.4 Å². The van der Waals surface area contributed by atoms with Gasteiger partial charge in [0.15, 0.2) is 0 Å². The summed E-state index contributed by atoms with van der Waals surface area (Å²) in [5, 5.41) is 11.1. The normalized spacial score (nSPS) is 16.0. The molecule has 0 fully saturated rings. The number of nitro benzene ring substituents is 1. The Bertz CT molecular complexity index is 936. The van der Waals surface area contributed by atoms with Gasteiger partial charge in [0, 0.05) is 12.1 Å². The van der Waals surface area contributed by atoms with Gasteiger partial charge in [-0.3, -0.25) is 14.4 Å². The Morgan fingerprint density at radius 3 is 2.40 bits per heavy atom. The molecule has 8 heteroatoms. The Kier molecular flexibility index (Phi) is 3.95. The summed E-state index contributed by atoms with van der Waals surface area (Å²) in [6.45, 7) is 5.47. The molecule has 25 heavy (non-hydrogen) atoms. The van der Waals surface area contributed by atoms with Crippen molar-refractivity contribution in [2.45, 2.75) is 31.3 Å². The molecule has 0 saturated heterocycles. The van der Waals surface area contributed by atoms with Crippen molar-refractivity contribution in [2.24, 2.45) is 0 Å². The van der Waals surface area contributed by atoms with Gasteiger partial charge in [-0.1, -0.05) is 17.7 Å². The van der Waals surface area contributed by atoms with Crippen LogP contribution in [0.15, 0.2) is 47.4 Å². The van der Waals surface area contributed by atoms with Gasteiger partial charge in [-0.25, -0.2) is 8.42 Å². The van der Waals surface area contributed by atoms with Gasteiger partial charge in [-0.15, -0.1) is 0 Å². The van der Waals surface area contributed by atoms with Crippen LogP contribution in [0.1, 0.15) is 19.4 Å². The molecule has 0 unspecified atom stereocenters. The number of nitrogens with zero attached hydrogens (tertiary/aromatic N) is 2. The Morgan fingerprint density at radius 2 is 1.80 bits per heavy atom. The molecule has 0 amide bonds. The minimum Gasteiger partial charge on any atom is -0.484 e. The lowest BCUT2D eigenvalue weighted by Gasteiger charge is -2.39. The second-order valence-electron chi connectivity index (χ2n) is 6.60. The molecule has 1 aliphatic heterocycles. The van der Waals surface area contributed by atoms with E-state index in [4.69, 9.17) is 4.74 Å². The fourth-order valence-electron chi connectivity index (χ4n) is 2.71. The van der Waals surface area contributed by atoms with E-state index in [1.807, 2.05) is 6.92 Å². The number of non-ortho nitro benzene ring substituents is 1. The number of ether oxygens (including phenoxy) is 1. The molecule has 0 atom stereocenters. The number of hydrogen-bond acceptors (Lipinski definition) is 5. The van der Waals surface area contributed by atoms with Gasteiger partial charge in [0.25, 0.3) is 15.7 Å². The number of nitro groups is 1. The third kappa shape index (κ3) is 3.17. The highest BCUT2D eigenvalue weighted by Crippen LogP contribution is 2.41. The largest absolute Gasteiger partial charge is 0.484 e. The minimum atomic E-state index is -3.87. The molecule has 0 bridgehead atoms. The zero-order valence-corrected chi connectivity index (χ0v) is 14.9. The quantitative estimate of drug-likeness (QED) is 0.617. The van der Waals surface area contributed by atoms with Crippen molar-refractivity contribution in [3.63, 3.8) is 0 Å². The van der Waals surface area contributed by atoms with Crippen LogP contribution in [0.4, 0.5) is 11.4 Å². The van der Waals surface area contributed by atoms with E-state index in [1.165, 1.54) is 34.6 Å². The van der Waals surface area contributed by atoms with Crippen molar-refractivity contribution in [1.82, 2.24) is 0 Å². The van der Waals surface area contributed by atoms with Crippen molar-refractivity contribution in [1.29, 1.82) is 0 Å². The number of anilines is 1. The first-order valence-electron chi connectivity index (χ1n) is 7.67. The van der Waals surface area contributed by atoms with E-state index in [0.717, 1.165) is 5.56 Å². The van der Waals surface area contributed by atoms with Gasteiger partial charge in [0.1, 0.15) is 17.0 Å². The van der Waals surface area contributed by atoms with Gasteiger partial charge >= 0.3 is 0 Å². The van der Waals surface area contributed by atoms with E-state index in [9.17, 15) is 18.5 Å². The molecule has 0 aliphatic carbocycles. The molecular weight excluding hydrogens is 344 g/mol. The fraction of sp³-hybridized carbons (Fsp3) is 0.294. The molecular formula is C17H18N2O5S. The SMILES string of the molecule is Cc1ccc(S(=O)(=O)N2CC(C)(C)Oc3ccc([N+](=O)[O-])cc32)cc1. The summed E-state index contributed by atoms with van der Waals surface area (Å²) in [5.74, 6) is 0.303. The number of fused-ring (bicyclic) bond motifs is 1. The number of sulfonamides is 1. The Balaban J connectivity index is 2.17. The van der Waals surface area contributed by atoms with Crippen LogP contribution >= 0.6 is 0 Å². The Morgan fingerprint density at radius 1 is 1.16 bits per heavy atom. The third-order valence-electron chi connectivity index (χ3n) is 3.94. The first-order chi connectivity index (χ1) is 11.6. The molecule has 132 valence electrons. The maximum Gasteiger partial charge on any atom is 0.271 e. The molecule has 0 aromatic heterocycles. The highest BCUT2D eigenvalue weighted by molar-refractivity contribution is 7.92. The van der Waals surface area contributed by atoms with Crippen molar-refractivity contribution in [2.75, 3.05) is 10.8 Å². The van der Waals surface area contributed by atoms with Crippen LogP contribution in [-0.4, -0.2) is 25.5 Å². The van der Waals surface area contributed by atoms with E-state index < -0.39 is 20.5 Å². The monoisotopic (exact) mass is 362 g/mol. The standard InChI is InChI=1S/C17H18N2O5S/c1-12-4-7-14(8-5-12)25(22,23)18-11-17(2,3)24-16-9-6-13(19(20)21)10-15(16)18/h4-10H,11H2,1-3H3. The topological polar surface area (TPSA) is 89.8 Å². The van der Waals surface area contributed by atoms with Crippen LogP contribution in [0.25, 0.3) is 0 Å². The van der Waals surface area contributed by atoms with Gasteiger partial charge in [0.2, 0.25) is 0 Å². The molecule has 0 spiro atoms. The van der Waals surface area contributed by atoms with E-state index in [-0.39, 0.29) is 22.8 Å². The maximum atomic E-state index is 13.1. The van der Waals surface area contributed by atoms with Gasteiger partial charge in [-0.05, 0) is 39.0 Å². The molecule has 1 aliphatic rings. The molecule has 2 aromatic rings. The lowest BCUT2D eigenvalue weighted by molar-refractivity contribution is -0.384. The van der Waals surface area contributed by atoms with Crippen LogP contribution < -0.4 is 9.04 Å². The van der Waals surface area contributed by atoms with E-state index in [2.05, 4.69) is 0 Å². The molecule has 0 saturated carbocycles. The highest BCUT2D eigenvalue weighted by atomic mass is 32.2. The van der Waals surface area contributed by atoms with Crippen LogP contribution in [0.2, 0.25) is 0 Å². The average molecular weight is 362 g/mol. The average Bonchev–Trinajstić information content (AvgIpc) is 2.53. The summed E-state index contributed by atoms with van der Waals surface area (Å²) < 4.78 is 33.3. The number of rotatable bonds is 3. The molecule has 7 nitrogen and oxygen atoms in total. The van der Waals surface area contributed by atoms with Crippen LogP contribution in [0, 0.1) is 17.0 Å². The molecule has 1 heterocycles. The lowest BCUT2D eigenvalue weighted by Crippen LogP contribution is -2.49. The zero-order valence-electron chi connectivity index (χ0n) is 14.1. The summed E-state index contributed by atoms with van der Waals surface area (Å²) >= 11 is 0.